The van der Waals surface area contributed by atoms with Gasteiger partial charge < -0.3 is 9.64 Å². The minimum Gasteiger partial charge on any atom is -0.384 e. The van der Waals surface area contributed by atoms with Gasteiger partial charge in [0.05, 0.1) is 23.8 Å². The number of halogens is 1. The van der Waals surface area contributed by atoms with Crippen LogP contribution in [0.4, 0.5) is 4.39 Å². The van der Waals surface area contributed by atoms with Crippen molar-refractivity contribution in [3.8, 4) is 11.1 Å². The normalized spacial score (nSPS) is 13.8. The van der Waals surface area contributed by atoms with Gasteiger partial charge in [-0.3, -0.25) is 15.0 Å². The molecule has 154 valence electrons. The standard InChI is InChI=1S/C21H24FN3O3S/c1-14-10-16(15-6-4-3-5-7-15)11-18(20(14)22)21(27)23-24-29-17-12-25(13-17)19(26)8-9-28-2/h3-7,10-11,17,24H,8-9,12-13H2,1-2H3,(H,23,27). The van der Waals surface area contributed by atoms with Crippen LogP contribution in [0.3, 0.4) is 0 Å². The number of nitrogens with zero attached hydrogens (tertiary/aromatic N) is 1. The zero-order valence-electron chi connectivity index (χ0n) is 16.4. The van der Waals surface area contributed by atoms with Crippen LogP contribution in [0.2, 0.25) is 0 Å². The Bertz CT molecular complexity index is 873. The Kier molecular flexibility index (Phi) is 7.24. The van der Waals surface area contributed by atoms with E-state index in [2.05, 4.69) is 10.3 Å². The highest BCUT2D eigenvalue weighted by Crippen LogP contribution is 2.25. The lowest BCUT2D eigenvalue weighted by Gasteiger charge is -2.38. The minimum atomic E-state index is -0.539. The maximum atomic E-state index is 14.5. The van der Waals surface area contributed by atoms with E-state index in [1.54, 1.807) is 31.1 Å². The quantitative estimate of drug-likeness (QED) is 0.511. The molecule has 0 aromatic heterocycles. The molecule has 1 aliphatic rings. The number of carbonyl (C=O) groups excluding carboxylic acids is 2. The summed E-state index contributed by atoms with van der Waals surface area (Å²) in [6, 6.07) is 12.8. The summed E-state index contributed by atoms with van der Waals surface area (Å²) in [6.07, 6.45) is 0.369. The molecule has 2 N–H and O–H groups in total. The van der Waals surface area contributed by atoms with Gasteiger partial charge in [-0.2, -0.15) is 4.83 Å². The molecule has 1 saturated heterocycles. The number of methoxy groups -OCH3 is 1. The predicted octanol–water partition coefficient (Wildman–Crippen LogP) is 2.93. The van der Waals surface area contributed by atoms with E-state index < -0.39 is 11.7 Å². The van der Waals surface area contributed by atoms with E-state index in [9.17, 15) is 14.0 Å². The van der Waals surface area contributed by atoms with Crippen molar-refractivity contribution in [1.29, 1.82) is 0 Å². The smallest absolute Gasteiger partial charge is 0.269 e. The van der Waals surface area contributed by atoms with Crippen molar-refractivity contribution in [2.75, 3.05) is 26.8 Å². The van der Waals surface area contributed by atoms with Gasteiger partial charge in [0.2, 0.25) is 5.91 Å². The van der Waals surface area contributed by atoms with Crippen LogP contribution >= 0.6 is 11.9 Å². The van der Waals surface area contributed by atoms with Crippen molar-refractivity contribution < 1.29 is 18.7 Å². The Morgan fingerprint density at radius 1 is 1.21 bits per heavy atom. The highest BCUT2D eigenvalue weighted by atomic mass is 32.2. The van der Waals surface area contributed by atoms with Crippen LogP contribution < -0.4 is 10.3 Å². The van der Waals surface area contributed by atoms with Crippen LogP contribution in [0.1, 0.15) is 22.3 Å². The van der Waals surface area contributed by atoms with E-state index >= 15 is 0 Å². The molecule has 1 heterocycles. The molecule has 0 atom stereocenters. The van der Waals surface area contributed by atoms with E-state index in [0.717, 1.165) is 11.1 Å². The number of nitrogens with one attached hydrogen (secondary N) is 2. The van der Waals surface area contributed by atoms with Gasteiger partial charge in [0.15, 0.2) is 0 Å². The Morgan fingerprint density at radius 3 is 2.62 bits per heavy atom. The van der Waals surface area contributed by atoms with Crippen LogP contribution in [0, 0.1) is 12.7 Å². The Morgan fingerprint density at radius 2 is 1.93 bits per heavy atom. The average molecular weight is 418 g/mol. The molecule has 3 rings (SSSR count). The summed E-state index contributed by atoms with van der Waals surface area (Å²) >= 11 is 1.31. The highest BCUT2D eigenvalue weighted by Gasteiger charge is 2.30. The fraction of sp³-hybridized carbons (Fsp3) is 0.333. The molecule has 0 aliphatic carbocycles. The third-order valence-corrected chi connectivity index (χ3v) is 5.57. The molecular weight excluding hydrogens is 393 g/mol. The summed E-state index contributed by atoms with van der Waals surface area (Å²) < 4.78 is 19.4. The number of hydrazine groups is 1. The number of hydrogen-bond acceptors (Lipinski definition) is 5. The second kappa shape index (κ2) is 9.87. The molecule has 0 radical (unpaired) electrons. The molecule has 0 spiro atoms. The van der Waals surface area contributed by atoms with Crippen molar-refractivity contribution in [3.05, 3.63) is 59.4 Å². The van der Waals surface area contributed by atoms with Gasteiger partial charge in [0, 0.05) is 20.2 Å². The number of amides is 2. The van der Waals surface area contributed by atoms with E-state index in [0.29, 0.717) is 31.7 Å². The summed E-state index contributed by atoms with van der Waals surface area (Å²) in [5, 5.41) is 0.170. The van der Waals surface area contributed by atoms with Gasteiger partial charge in [-0.25, -0.2) is 4.39 Å². The van der Waals surface area contributed by atoms with Gasteiger partial charge in [0.25, 0.3) is 5.91 Å². The van der Waals surface area contributed by atoms with E-state index in [4.69, 9.17) is 4.74 Å². The summed E-state index contributed by atoms with van der Waals surface area (Å²) in [4.78, 5) is 28.8. The number of rotatable bonds is 8. The Hall–Kier alpha value is -2.42. The summed E-state index contributed by atoms with van der Waals surface area (Å²) in [7, 11) is 1.56. The molecule has 8 heteroatoms. The molecule has 2 aromatic rings. The maximum Gasteiger partial charge on any atom is 0.269 e. The summed E-state index contributed by atoms with van der Waals surface area (Å²) in [5.74, 6) is -1.02. The van der Waals surface area contributed by atoms with Crippen molar-refractivity contribution in [3.63, 3.8) is 0 Å². The van der Waals surface area contributed by atoms with Crippen molar-refractivity contribution in [2.24, 2.45) is 0 Å². The summed E-state index contributed by atoms with van der Waals surface area (Å²) in [6.45, 7) is 3.26. The lowest BCUT2D eigenvalue weighted by molar-refractivity contribution is -0.135. The first-order valence-electron chi connectivity index (χ1n) is 9.33. The van der Waals surface area contributed by atoms with E-state index in [1.807, 2.05) is 30.3 Å². The average Bonchev–Trinajstić information content (AvgIpc) is 2.70. The second-order valence-electron chi connectivity index (χ2n) is 6.86. The monoisotopic (exact) mass is 417 g/mol. The molecule has 2 amide bonds. The summed E-state index contributed by atoms with van der Waals surface area (Å²) in [5.41, 5.74) is 4.63. The van der Waals surface area contributed by atoms with E-state index in [1.165, 1.54) is 11.9 Å². The third kappa shape index (κ3) is 5.35. The van der Waals surface area contributed by atoms with Crippen LogP contribution in [0.15, 0.2) is 42.5 Å². The topological polar surface area (TPSA) is 70.7 Å². The van der Waals surface area contributed by atoms with Crippen molar-refractivity contribution >= 4 is 23.8 Å². The Labute approximate surface area is 173 Å². The maximum absolute atomic E-state index is 14.5. The SMILES string of the molecule is COCCC(=O)N1CC(SNNC(=O)c2cc(-c3ccccc3)cc(C)c2F)C1. The third-order valence-electron chi connectivity index (χ3n) is 4.72. The molecular formula is C21H24FN3O3S. The molecule has 0 bridgehead atoms. The molecule has 2 aromatic carbocycles. The van der Waals surface area contributed by atoms with Crippen molar-refractivity contribution in [2.45, 2.75) is 18.6 Å². The zero-order chi connectivity index (χ0) is 20.8. The predicted molar refractivity (Wildman–Crippen MR) is 112 cm³/mol. The van der Waals surface area contributed by atoms with Crippen LogP contribution in [-0.2, 0) is 9.53 Å². The number of ether oxygens (including phenoxy) is 1. The van der Waals surface area contributed by atoms with Gasteiger partial charge >= 0.3 is 0 Å². The Balaban J connectivity index is 1.53. The number of benzene rings is 2. The highest BCUT2D eigenvalue weighted by molar-refractivity contribution is 7.98. The van der Waals surface area contributed by atoms with Crippen LogP contribution in [0.25, 0.3) is 11.1 Å². The van der Waals surface area contributed by atoms with Gasteiger partial charge in [-0.15, -0.1) is 0 Å². The number of likely N-dealkylation sites (tertiary alicyclic amines) is 1. The number of carbonyl (C=O) groups is 2. The molecule has 29 heavy (non-hydrogen) atoms. The van der Waals surface area contributed by atoms with Gasteiger partial charge in [0.1, 0.15) is 5.82 Å². The second-order valence-corrected chi connectivity index (χ2v) is 7.96. The zero-order valence-corrected chi connectivity index (χ0v) is 17.2. The van der Waals surface area contributed by atoms with Gasteiger partial charge in [-0.1, -0.05) is 42.3 Å². The first-order chi connectivity index (χ1) is 14.0. The first-order valence-corrected chi connectivity index (χ1v) is 10.2. The fourth-order valence-electron chi connectivity index (χ4n) is 3.02. The largest absolute Gasteiger partial charge is 0.384 e. The molecule has 6 nitrogen and oxygen atoms in total. The van der Waals surface area contributed by atoms with Gasteiger partial charge in [-0.05, 0) is 35.7 Å². The van der Waals surface area contributed by atoms with Crippen molar-refractivity contribution in [1.82, 2.24) is 15.2 Å². The molecule has 0 saturated carbocycles. The van der Waals surface area contributed by atoms with Crippen LogP contribution in [0.5, 0.6) is 0 Å². The molecule has 0 unspecified atom stereocenters. The molecule has 1 aliphatic heterocycles. The number of aryl methyl sites for hydroxylation is 1. The molecule has 1 fully saturated rings. The van der Waals surface area contributed by atoms with E-state index in [-0.39, 0.29) is 16.7 Å². The first kappa shape index (κ1) is 21.3. The lowest BCUT2D eigenvalue weighted by Crippen LogP contribution is -2.53. The lowest BCUT2D eigenvalue weighted by atomic mass is 9.99. The number of hydrogen-bond donors (Lipinski definition) is 2. The minimum absolute atomic E-state index is 0.0121. The fourth-order valence-corrected chi connectivity index (χ4v) is 3.85. The van der Waals surface area contributed by atoms with Crippen LogP contribution in [-0.4, -0.2) is 48.8 Å².